The largest absolute Gasteiger partial charge is 0.398 e. The van der Waals surface area contributed by atoms with Crippen LogP contribution >= 0.6 is 11.6 Å². The monoisotopic (exact) mass is 281 g/mol. The Morgan fingerprint density at radius 2 is 2.21 bits per heavy atom. The highest BCUT2D eigenvalue weighted by Crippen LogP contribution is 2.39. The molecule has 0 bridgehead atoms. The minimum Gasteiger partial charge on any atom is -0.398 e. The first-order valence-electron chi connectivity index (χ1n) is 7.16. The molecule has 106 valence electrons. The summed E-state index contributed by atoms with van der Waals surface area (Å²) in [4.78, 5) is 0. The van der Waals surface area contributed by atoms with Crippen LogP contribution in [-0.2, 0) is 0 Å². The molecule has 4 heteroatoms. The normalized spacial score (nSPS) is 25.2. The van der Waals surface area contributed by atoms with E-state index >= 15 is 0 Å². The van der Waals surface area contributed by atoms with Crippen molar-refractivity contribution < 1.29 is 0 Å². The number of hydrogen-bond acceptors (Lipinski definition) is 3. The molecule has 1 aromatic rings. The zero-order chi connectivity index (χ0) is 13.8. The molecule has 0 radical (unpaired) electrons. The number of anilines is 1. The molecule has 3 atom stereocenters. The standard InChI is InChI=1S/C15H24ClN3/c1-2-10-4-3-5-11(8-10)15(19-18)13-7-6-12(16)9-14(13)17/h6-7,9-11,15,19H,2-5,8,17-18H2,1H3. The molecule has 0 amide bonds. The van der Waals surface area contributed by atoms with E-state index in [4.69, 9.17) is 23.2 Å². The second kappa shape index (κ2) is 6.60. The van der Waals surface area contributed by atoms with Crippen LogP contribution in [0.1, 0.15) is 50.6 Å². The molecule has 0 aromatic heterocycles. The predicted octanol–water partition coefficient (Wildman–Crippen LogP) is 3.64. The quantitative estimate of drug-likeness (QED) is 0.448. The molecule has 0 heterocycles. The summed E-state index contributed by atoms with van der Waals surface area (Å²) < 4.78 is 0. The lowest BCUT2D eigenvalue weighted by atomic mass is 9.75. The van der Waals surface area contributed by atoms with Crippen molar-refractivity contribution in [1.82, 2.24) is 5.43 Å². The summed E-state index contributed by atoms with van der Waals surface area (Å²) in [7, 11) is 0. The van der Waals surface area contributed by atoms with Gasteiger partial charge in [-0.05, 0) is 42.4 Å². The van der Waals surface area contributed by atoms with Gasteiger partial charge in [-0.1, -0.05) is 43.9 Å². The minimum absolute atomic E-state index is 0.131. The van der Waals surface area contributed by atoms with Crippen LogP contribution in [0.2, 0.25) is 5.02 Å². The molecular formula is C15H24ClN3. The molecule has 0 spiro atoms. The van der Waals surface area contributed by atoms with Crippen LogP contribution in [0.5, 0.6) is 0 Å². The third kappa shape index (κ3) is 3.41. The summed E-state index contributed by atoms with van der Waals surface area (Å²) in [5, 5.41) is 0.673. The lowest BCUT2D eigenvalue weighted by Crippen LogP contribution is -2.36. The van der Waals surface area contributed by atoms with E-state index in [9.17, 15) is 0 Å². The molecule has 1 saturated carbocycles. The highest BCUT2D eigenvalue weighted by molar-refractivity contribution is 6.30. The van der Waals surface area contributed by atoms with Gasteiger partial charge in [0.2, 0.25) is 0 Å². The van der Waals surface area contributed by atoms with E-state index in [2.05, 4.69) is 12.3 Å². The Morgan fingerprint density at radius 3 is 2.84 bits per heavy atom. The number of halogens is 1. The van der Waals surface area contributed by atoms with Crippen molar-refractivity contribution in [3.63, 3.8) is 0 Å². The fourth-order valence-electron chi connectivity index (χ4n) is 3.31. The van der Waals surface area contributed by atoms with E-state index < -0.39 is 0 Å². The Hall–Kier alpha value is -0.770. The summed E-state index contributed by atoms with van der Waals surface area (Å²) in [6, 6.07) is 5.82. The molecule has 3 unspecified atom stereocenters. The van der Waals surface area contributed by atoms with Crippen molar-refractivity contribution in [2.45, 2.75) is 45.1 Å². The minimum atomic E-state index is 0.131. The highest BCUT2D eigenvalue weighted by atomic mass is 35.5. The number of benzene rings is 1. The van der Waals surface area contributed by atoms with Gasteiger partial charge < -0.3 is 5.73 Å². The molecule has 0 aliphatic heterocycles. The highest BCUT2D eigenvalue weighted by Gasteiger charge is 2.29. The number of nitrogen functional groups attached to an aromatic ring is 1. The zero-order valence-corrected chi connectivity index (χ0v) is 12.3. The van der Waals surface area contributed by atoms with Crippen molar-refractivity contribution in [2.75, 3.05) is 5.73 Å². The second-order valence-electron chi connectivity index (χ2n) is 5.62. The third-order valence-electron chi connectivity index (χ3n) is 4.44. The number of rotatable bonds is 4. The van der Waals surface area contributed by atoms with Gasteiger partial charge >= 0.3 is 0 Å². The maximum atomic E-state index is 6.09. The van der Waals surface area contributed by atoms with E-state index in [-0.39, 0.29) is 6.04 Å². The Labute approximate surface area is 120 Å². The Morgan fingerprint density at radius 1 is 1.42 bits per heavy atom. The van der Waals surface area contributed by atoms with Crippen molar-refractivity contribution in [3.8, 4) is 0 Å². The van der Waals surface area contributed by atoms with Crippen molar-refractivity contribution in [1.29, 1.82) is 0 Å². The maximum Gasteiger partial charge on any atom is 0.0508 e. The van der Waals surface area contributed by atoms with Gasteiger partial charge in [-0.15, -0.1) is 0 Å². The fraction of sp³-hybridized carbons (Fsp3) is 0.600. The van der Waals surface area contributed by atoms with Gasteiger partial charge in [-0.3, -0.25) is 11.3 Å². The number of hydrogen-bond donors (Lipinski definition) is 3. The van der Waals surface area contributed by atoms with Gasteiger partial charge in [0.15, 0.2) is 0 Å². The van der Waals surface area contributed by atoms with E-state index in [1.54, 1.807) is 6.07 Å². The van der Waals surface area contributed by atoms with Gasteiger partial charge in [-0.2, -0.15) is 0 Å². The molecule has 1 aliphatic rings. The van der Waals surface area contributed by atoms with Gasteiger partial charge in [0, 0.05) is 10.7 Å². The number of hydrazine groups is 1. The van der Waals surface area contributed by atoms with Crippen molar-refractivity contribution >= 4 is 17.3 Å². The molecular weight excluding hydrogens is 258 g/mol. The van der Waals surface area contributed by atoms with Gasteiger partial charge in [0.25, 0.3) is 0 Å². The summed E-state index contributed by atoms with van der Waals surface area (Å²) in [5.41, 5.74) is 10.9. The molecule has 0 saturated heterocycles. The smallest absolute Gasteiger partial charge is 0.0508 e. The Balaban J connectivity index is 2.19. The number of nitrogens with one attached hydrogen (secondary N) is 1. The summed E-state index contributed by atoms with van der Waals surface area (Å²) in [6.07, 6.45) is 6.33. The average Bonchev–Trinajstić information content (AvgIpc) is 2.42. The SMILES string of the molecule is CCC1CCCC(C(NN)c2ccc(Cl)cc2N)C1. The first-order chi connectivity index (χ1) is 9.15. The molecule has 1 aliphatic carbocycles. The molecule has 1 fully saturated rings. The first kappa shape index (κ1) is 14.6. The second-order valence-corrected chi connectivity index (χ2v) is 6.05. The van der Waals surface area contributed by atoms with E-state index in [0.717, 1.165) is 17.2 Å². The van der Waals surface area contributed by atoms with Crippen LogP contribution in [0, 0.1) is 11.8 Å². The number of nitrogens with two attached hydrogens (primary N) is 2. The van der Waals surface area contributed by atoms with Crippen molar-refractivity contribution in [3.05, 3.63) is 28.8 Å². The van der Waals surface area contributed by atoms with E-state index in [1.165, 1.54) is 32.1 Å². The van der Waals surface area contributed by atoms with Gasteiger partial charge in [0.05, 0.1) is 6.04 Å². The third-order valence-corrected chi connectivity index (χ3v) is 4.67. The predicted molar refractivity (Wildman–Crippen MR) is 81.7 cm³/mol. The topological polar surface area (TPSA) is 64.1 Å². The van der Waals surface area contributed by atoms with Gasteiger partial charge in [-0.25, -0.2) is 0 Å². The van der Waals surface area contributed by atoms with Crippen molar-refractivity contribution in [2.24, 2.45) is 17.7 Å². The zero-order valence-electron chi connectivity index (χ0n) is 11.5. The van der Waals surface area contributed by atoms with Gasteiger partial charge in [0.1, 0.15) is 0 Å². The summed E-state index contributed by atoms with van der Waals surface area (Å²) in [6.45, 7) is 2.27. The average molecular weight is 282 g/mol. The van der Waals surface area contributed by atoms with Crippen LogP contribution < -0.4 is 17.0 Å². The summed E-state index contributed by atoms with van der Waals surface area (Å²) >= 11 is 5.96. The van der Waals surface area contributed by atoms with Crippen LogP contribution in [0.4, 0.5) is 5.69 Å². The molecule has 19 heavy (non-hydrogen) atoms. The summed E-state index contributed by atoms with van der Waals surface area (Å²) in [5.74, 6) is 7.18. The van der Waals surface area contributed by atoms with Crippen LogP contribution in [0.3, 0.4) is 0 Å². The van der Waals surface area contributed by atoms with E-state index in [0.29, 0.717) is 10.9 Å². The Bertz CT molecular complexity index is 422. The van der Waals surface area contributed by atoms with E-state index in [1.807, 2.05) is 12.1 Å². The molecule has 5 N–H and O–H groups in total. The lowest BCUT2D eigenvalue weighted by Gasteiger charge is -2.34. The molecule has 2 rings (SSSR count). The van der Waals surface area contributed by atoms with Crippen LogP contribution in [0.15, 0.2) is 18.2 Å². The first-order valence-corrected chi connectivity index (χ1v) is 7.54. The van der Waals surface area contributed by atoms with Crippen LogP contribution in [0.25, 0.3) is 0 Å². The maximum absolute atomic E-state index is 6.09. The van der Waals surface area contributed by atoms with Crippen LogP contribution in [-0.4, -0.2) is 0 Å². The molecule has 1 aromatic carbocycles. The lowest BCUT2D eigenvalue weighted by molar-refractivity contribution is 0.210. The molecule has 3 nitrogen and oxygen atoms in total. The Kier molecular flexibility index (Phi) is 5.08. The fourth-order valence-corrected chi connectivity index (χ4v) is 3.50.